The molecule has 6 heteroatoms. The normalized spacial score (nSPS) is 19.9. The monoisotopic (exact) mass is 244 g/mol. The Labute approximate surface area is 101 Å². The Balaban J connectivity index is 2.52. The predicted molar refractivity (Wildman–Crippen MR) is 61.6 cm³/mol. The lowest BCUT2D eigenvalue weighted by molar-refractivity contribution is -0.146. The van der Waals surface area contributed by atoms with Crippen LogP contribution in [0.3, 0.4) is 0 Å². The molecule has 1 aliphatic rings. The van der Waals surface area contributed by atoms with E-state index < -0.39 is 18.1 Å². The first-order valence-electron chi connectivity index (χ1n) is 5.92. The maximum atomic E-state index is 11.8. The highest BCUT2D eigenvalue weighted by Crippen LogP contribution is 2.07. The second kappa shape index (κ2) is 7.11. The standard InChI is InChI=1S/C11H20N2O4/c1-3-4-7-17-11(15)13-6-5-12-8-9(13)10(14)16-2/h9,12H,3-8H2,1-2H3. The Morgan fingerprint density at radius 1 is 1.47 bits per heavy atom. The van der Waals surface area contributed by atoms with Crippen molar-refractivity contribution in [2.45, 2.75) is 25.8 Å². The number of carbonyl (C=O) groups is 2. The number of nitrogens with zero attached hydrogens (tertiary/aromatic N) is 1. The molecule has 1 heterocycles. The topological polar surface area (TPSA) is 67.9 Å². The fourth-order valence-corrected chi connectivity index (χ4v) is 1.66. The molecule has 1 fully saturated rings. The molecule has 1 amide bonds. The van der Waals surface area contributed by atoms with Gasteiger partial charge in [-0.2, -0.15) is 0 Å². The zero-order chi connectivity index (χ0) is 12.7. The highest BCUT2D eigenvalue weighted by atomic mass is 16.6. The number of unbranched alkanes of at least 4 members (excludes halogenated alkanes) is 1. The van der Waals surface area contributed by atoms with Crippen LogP contribution in [0.15, 0.2) is 0 Å². The molecule has 1 atom stereocenters. The van der Waals surface area contributed by atoms with E-state index in [1.54, 1.807) is 0 Å². The summed E-state index contributed by atoms with van der Waals surface area (Å²) in [7, 11) is 1.32. The zero-order valence-corrected chi connectivity index (χ0v) is 10.4. The molecule has 0 bridgehead atoms. The first kappa shape index (κ1) is 13.8. The van der Waals surface area contributed by atoms with E-state index in [4.69, 9.17) is 4.74 Å². The Morgan fingerprint density at radius 2 is 2.24 bits per heavy atom. The summed E-state index contributed by atoms with van der Waals surface area (Å²) in [6, 6.07) is -0.581. The van der Waals surface area contributed by atoms with Crippen LogP contribution in [-0.2, 0) is 14.3 Å². The van der Waals surface area contributed by atoms with E-state index in [9.17, 15) is 9.59 Å². The number of rotatable bonds is 4. The molecule has 0 aromatic carbocycles. The Kier molecular flexibility index (Phi) is 5.76. The van der Waals surface area contributed by atoms with Crippen molar-refractivity contribution in [2.75, 3.05) is 33.4 Å². The number of nitrogens with one attached hydrogen (secondary N) is 1. The van der Waals surface area contributed by atoms with Crippen LogP contribution in [0.25, 0.3) is 0 Å². The molecule has 1 N–H and O–H groups in total. The molecule has 17 heavy (non-hydrogen) atoms. The van der Waals surface area contributed by atoms with Gasteiger partial charge in [0.25, 0.3) is 0 Å². The third-order valence-electron chi connectivity index (χ3n) is 2.67. The average molecular weight is 244 g/mol. The second-order valence-electron chi connectivity index (χ2n) is 3.90. The summed E-state index contributed by atoms with van der Waals surface area (Å²) < 4.78 is 9.77. The third-order valence-corrected chi connectivity index (χ3v) is 2.67. The molecular formula is C11H20N2O4. The Bertz CT molecular complexity index is 270. The molecular weight excluding hydrogens is 224 g/mol. The first-order valence-corrected chi connectivity index (χ1v) is 5.92. The lowest BCUT2D eigenvalue weighted by Gasteiger charge is -2.33. The molecule has 0 aromatic heterocycles. The van der Waals surface area contributed by atoms with Crippen LogP contribution >= 0.6 is 0 Å². The summed E-state index contributed by atoms with van der Waals surface area (Å²) in [5, 5.41) is 3.05. The van der Waals surface area contributed by atoms with Crippen LogP contribution in [0.1, 0.15) is 19.8 Å². The lowest BCUT2D eigenvalue weighted by Crippen LogP contribution is -2.57. The highest BCUT2D eigenvalue weighted by molar-refractivity contribution is 5.81. The molecule has 0 spiro atoms. The number of piperazine rings is 1. The first-order chi connectivity index (χ1) is 8.20. The van der Waals surface area contributed by atoms with E-state index >= 15 is 0 Å². The van der Waals surface area contributed by atoms with E-state index in [0.29, 0.717) is 26.2 Å². The molecule has 98 valence electrons. The summed E-state index contributed by atoms with van der Waals surface area (Å²) in [6.07, 6.45) is 1.37. The largest absolute Gasteiger partial charge is 0.467 e. The van der Waals surface area contributed by atoms with Gasteiger partial charge in [-0.25, -0.2) is 9.59 Å². The van der Waals surface area contributed by atoms with Gasteiger partial charge in [-0.1, -0.05) is 13.3 Å². The van der Waals surface area contributed by atoms with Crippen LogP contribution in [0.5, 0.6) is 0 Å². The van der Waals surface area contributed by atoms with Crippen molar-refractivity contribution in [3.05, 3.63) is 0 Å². The van der Waals surface area contributed by atoms with E-state index in [2.05, 4.69) is 10.1 Å². The lowest BCUT2D eigenvalue weighted by atomic mass is 10.2. The Morgan fingerprint density at radius 3 is 2.88 bits per heavy atom. The van der Waals surface area contributed by atoms with Gasteiger partial charge in [0.2, 0.25) is 0 Å². The molecule has 0 saturated carbocycles. The van der Waals surface area contributed by atoms with Gasteiger partial charge >= 0.3 is 12.1 Å². The maximum absolute atomic E-state index is 11.8. The third kappa shape index (κ3) is 3.89. The summed E-state index contributed by atoms with van der Waals surface area (Å²) >= 11 is 0. The minimum absolute atomic E-state index is 0.396. The summed E-state index contributed by atoms with van der Waals surface area (Å²) in [4.78, 5) is 24.7. The number of methoxy groups -OCH3 is 1. The van der Waals surface area contributed by atoms with Gasteiger partial charge in [-0.3, -0.25) is 4.90 Å². The van der Waals surface area contributed by atoms with Crippen LogP contribution < -0.4 is 5.32 Å². The smallest absolute Gasteiger partial charge is 0.410 e. The molecule has 1 unspecified atom stereocenters. The predicted octanol–water partition coefficient (Wildman–Crippen LogP) is 0.370. The zero-order valence-electron chi connectivity index (χ0n) is 10.4. The fourth-order valence-electron chi connectivity index (χ4n) is 1.66. The van der Waals surface area contributed by atoms with Gasteiger partial charge < -0.3 is 14.8 Å². The van der Waals surface area contributed by atoms with Crippen molar-refractivity contribution in [3.8, 4) is 0 Å². The number of amides is 1. The van der Waals surface area contributed by atoms with E-state index in [1.807, 2.05) is 6.92 Å². The van der Waals surface area contributed by atoms with Gasteiger partial charge in [-0.15, -0.1) is 0 Å². The van der Waals surface area contributed by atoms with E-state index in [0.717, 1.165) is 12.8 Å². The SMILES string of the molecule is CCCCOC(=O)N1CCNCC1C(=O)OC. The minimum atomic E-state index is -0.581. The molecule has 0 aromatic rings. The molecule has 1 rings (SSSR count). The number of esters is 1. The molecule has 0 aliphatic carbocycles. The van der Waals surface area contributed by atoms with Crippen molar-refractivity contribution >= 4 is 12.1 Å². The van der Waals surface area contributed by atoms with Crippen LogP contribution in [0, 0.1) is 0 Å². The van der Waals surface area contributed by atoms with Crippen molar-refractivity contribution < 1.29 is 19.1 Å². The molecule has 0 radical (unpaired) electrons. The number of hydrogen-bond donors (Lipinski definition) is 1. The van der Waals surface area contributed by atoms with Gasteiger partial charge in [-0.05, 0) is 6.42 Å². The number of ether oxygens (including phenoxy) is 2. The van der Waals surface area contributed by atoms with Gasteiger partial charge in [0.1, 0.15) is 6.04 Å². The average Bonchev–Trinajstić information content (AvgIpc) is 2.38. The highest BCUT2D eigenvalue weighted by Gasteiger charge is 2.33. The van der Waals surface area contributed by atoms with E-state index in [1.165, 1.54) is 12.0 Å². The fraction of sp³-hybridized carbons (Fsp3) is 0.818. The van der Waals surface area contributed by atoms with Crippen molar-refractivity contribution in [3.63, 3.8) is 0 Å². The minimum Gasteiger partial charge on any atom is -0.467 e. The number of carbonyl (C=O) groups excluding carboxylic acids is 2. The van der Waals surface area contributed by atoms with Gasteiger partial charge in [0, 0.05) is 19.6 Å². The second-order valence-corrected chi connectivity index (χ2v) is 3.90. The summed E-state index contributed by atoms with van der Waals surface area (Å²) in [5.74, 6) is -0.412. The van der Waals surface area contributed by atoms with Gasteiger partial charge in [0.15, 0.2) is 0 Å². The maximum Gasteiger partial charge on any atom is 0.410 e. The molecule has 1 aliphatic heterocycles. The quantitative estimate of drug-likeness (QED) is 0.571. The summed E-state index contributed by atoms with van der Waals surface area (Å²) in [6.45, 7) is 3.96. The van der Waals surface area contributed by atoms with E-state index in [-0.39, 0.29) is 0 Å². The summed E-state index contributed by atoms with van der Waals surface area (Å²) in [5.41, 5.74) is 0. The van der Waals surface area contributed by atoms with Gasteiger partial charge in [0.05, 0.1) is 13.7 Å². The van der Waals surface area contributed by atoms with Crippen LogP contribution in [0.4, 0.5) is 4.79 Å². The molecule has 6 nitrogen and oxygen atoms in total. The van der Waals surface area contributed by atoms with Crippen LogP contribution in [0.2, 0.25) is 0 Å². The van der Waals surface area contributed by atoms with Crippen LogP contribution in [-0.4, -0.2) is 56.4 Å². The van der Waals surface area contributed by atoms with Crippen molar-refractivity contribution in [1.82, 2.24) is 10.2 Å². The molecule has 1 saturated heterocycles. The Hall–Kier alpha value is -1.30. The van der Waals surface area contributed by atoms with Crippen molar-refractivity contribution in [1.29, 1.82) is 0 Å². The van der Waals surface area contributed by atoms with Crippen molar-refractivity contribution in [2.24, 2.45) is 0 Å². The number of hydrogen-bond acceptors (Lipinski definition) is 5.